The Kier molecular flexibility index (Phi) is 4.86. The van der Waals surface area contributed by atoms with Crippen molar-refractivity contribution in [2.45, 2.75) is 25.9 Å². The molecule has 2 aromatic rings. The summed E-state index contributed by atoms with van der Waals surface area (Å²) in [6.45, 7) is 5.80. The van der Waals surface area contributed by atoms with Crippen LogP contribution in [-0.2, 0) is 4.74 Å². The Morgan fingerprint density at radius 3 is 2.88 bits per heavy atom. The summed E-state index contributed by atoms with van der Waals surface area (Å²) in [5, 5.41) is 12.2. The highest BCUT2D eigenvalue weighted by Gasteiger charge is 2.21. The van der Waals surface area contributed by atoms with Gasteiger partial charge >= 0.3 is 0 Å². The summed E-state index contributed by atoms with van der Waals surface area (Å²) < 4.78 is 19.8. The van der Waals surface area contributed by atoms with Gasteiger partial charge in [0.05, 0.1) is 24.2 Å². The molecule has 0 unspecified atom stereocenters. The van der Waals surface area contributed by atoms with Crippen molar-refractivity contribution < 1.29 is 13.9 Å². The second-order valence-electron chi connectivity index (χ2n) is 5.94. The molecule has 0 saturated carbocycles. The summed E-state index contributed by atoms with van der Waals surface area (Å²) in [6, 6.07) is 3.51. The second-order valence-corrected chi connectivity index (χ2v) is 5.94. The van der Waals surface area contributed by atoms with Gasteiger partial charge in [0.25, 0.3) is 5.91 Å². The van der Waals surface area contributed by atoms with Crippen molar-refractivity contribution >= 4 is 11.6 Å². The molecule has 8 heteroatoms. The van der Waals surface area contributed by atoms with Crippen LogP contribution >= 0.6 is 0 Å². The van der Waals surface area contributed by atoms with Crippen LogP contribution in [0.3, 0.4) is 0 Å². The Morgan fingerprint density at radius 2 is 2.29 bits per heavy atom. The number of hydrogen-bond donors (Lipinski definition) is 3. The van der Waals surface area contributed by atoms with Crippen LogP contribution < -0.4 is 10.6 Å². The fourth-order valence-corrected chi connectivity index (χ4v) is 2.49. The first-order chi connectivity index (χ1) is 11.6. The number of carbonyl (C=O) groups is 1. The van der Waals surface area contributed by atoms with Crippen molar-refractivity contribution in [1.29, 1.82) is 0 Å². The molecule has 1 aliphatic heterocycles. The van der Waals surface area contributed by atoms with Gasteiger partial charge in [-0.05, 0) is 12.1 Å². The lowest BCUT2D eigenvalue weighted by Crippen LogP contribution is -2.33. The minimum atomic E-state index is -0.617. The van der Waals surface area contributed by atoms with Gasteiger partial charge in [0.2, 0.25) is 0 Å². The standard InChI is InChI=1S/C16H20FN5O2/c1-9(2)14-13(17)15(22-21-14)16(23)20-10-3-4-11(19-7-10)12-8-18-5-6-24-12/h3-4,7,9,12,18H,5-6,8H2,1-2H3,(H,20,23)(H,21,22)/t12-/m0/s1. The van der Waals surface area contributed by atoms with Crippen molar-refractivity contribution in [3.05, 3.63) is 41.2 Å². The monoisotopic (exact) mass is 333 g/mol. The summed E-state index contributed by atoms with van der Waals surface area (Å²) in [7, 11) is 0. The number of aromatic amines is 1. The van der Waals surface area contributed by atoms with E-state index in [0.29, 0.717) is 18.8 Å². The first-order valence-electron chi connectivity index (χ1n) is 7.89. The van der Waals surface area contributed by atoms with Crippen LogP contribution in [0.2, 0.25) is 0 Å². The zero-order valence-electron chi connectivity index (χ0n) is 13.6. The number of nitrogens with zero attached hydrogens (tertiary/aromatic N) is 2. The normalized spacial score (nSPS) is 17.9. The molecule has 0 aromatic carbocycles. The maximum Gasteiger partial charge on any atom is 0.276 e. The van der Waals surface area contributed by atoms with Gasteiger partial charge in [-0.15, -0.1) is 0 Å². The van der Waals surface area contributed by atoms with Gasteiger partial charge in [-0.25, -0.2) is 4.39 Å². The lowest BCUT2D eigenvalue weighted by atomic mass is 10.1. The van der Waals surface area contributed by atoms with E-state index < -0.39 is 11.7 Å². The smallest absolute Gasteiger partial charge is 0.276 e. The van der Waals surface area contributed by atoms with E-state index in [2.05, 4.69) is 25.8 Å². The van der Waals surface area contributed by atoms with Gasteiger partial charge < -0.3 is 15.4 Å². The molecule has 3 rings (SSSR count). The molecule has 1 fully saturated rings. The highest BCUT2D eigenvalue weighted by atomic mass is 19.1. The third kappa shape index (κ3) is 3.44. The highest BCUT2D eigenvalue weighted by molar-refractivity contribution is 6.03. The van der Waals surface area contributed by atoms with Gasteiger partial charge in [0.15, 0.2) is 11.5 Å². The minimum Gasteiger partial charge on any atom is -0.369 e. The number of aromatic nitrogens is 3. The maximum absolute atomic E-state index is 14.1. The number of H-pyrrole nitrogens is 1. The second kappa shape index (κ2) is 7.06. The Bertz CT molecular complexity index is 708. The van der Waals surface area contributed by atoms with Crippen LogP contribution in [0.4, 0.5) is 10.1 Å². The van der Waals surface area contributed by atoms with Gasteiger partial charge in [0.1, 0.15) is 11.8 Å². The summed E-state index contributed by atoms with van der Waals surface area (Å²) in [5.74, 6) is -1.31. The van der Waals surface area contributed by atoms with Gasteiger partial charge in [-0.2, -0.15) is 5.10 Å². The zero-order valence-corrected chi connectivity index (χ0v) is 13.6. The number of ether oxygens (including phenoxy) is 1. The number of pyridine rings is 1. The number of hydrogen-bond acceptors (Lipinski definition) is 5. The van der Waals surface area contributed by atoms with E-state index in [1.165, 1.54) is 6.20 Å². The third-order valence-corrected chi connectivity index (χ3v) is 3.81. The molecule has 1 saturated heterocycles. The van der Waals surface area contributed by atoms with Gasteiger partial charge in [-0.1, -0.05) is 13.8 Å². The fraction of sp³-hybridized carbons (Fsp3) is 0.438. The number of morpholine rings is 1. The number of rotatable bonds is 4. The zero-order chi connectivity index (χ0) is 17.1. The first-order valence-corrected chi connectivity index (χ1v) is 7.89. The van der Waals surface area contributed by atoms with E-state index in [1.807, 2.05) is 13.8 Å². The molecule has 7 nitrogen and oxygen atoms in total. The largest absolute Gasteiger partial charge is 0.369 e. The SMILES string of the molecule is CC(C)c1n[nH]c(C(=O)Nc2ccc([C@@H]3CNCCO3)nc2)c1F. The molecule has 0 aliphatic carbocycles. The molecular formula is C16H20FN5O2. The molecule has 0 radical (unpaired) electrons. The molecule has 1 aliphatic rings. The van der Waals surface area contributed by atoms with Gasteiger partial charge in [0, 0.05) is 19.0 Å². The minimum absolute atomic E-state index is 0.0952. The van der Waals surface area contributed by atoms with Crippen molar-refractivity contribution in [2.24, 2.45) is 0 Å². The predicted molar refractivity (Wildman–Crippen MR) is 86.4 cm³/mol. The number of anilines is 1. The molecule has 0 spiro atoms. The third-order valence-electron chi connectivity index (χ3n) is 3.81. The van der Waals surface area contributed by atoms with Crippen LogP contribution in [-0.4, -0.2) is 40.8 Å². The summed E-state index contributed by atoms with van der Waals surface area (Å²) in [5.41, 5.74) is 1.33. The predicted octanol–water partition coefficient (Wildman–Crippen LogP) is 1.98. The summed E-state index contributed by atoms with van der Waals surface area (Å²) >= 11 is 0. The van der Waals surface area contributed by atoms with E-state index in [0.717, 1.165) is 12.2 Å². The van der Waals surface area contributed by atoms with Crippen LogP contribution in [0.5, 0.6) is 0 Å². The molecule has 3 N–H and O–H groups in total. The fourth-order valence-electron chi connectivity index (χ4n) is 2.49. The molecule has 1 amide bonds. The van der Waals surface area contributed by atoms with E-state index in [9.17, 15) is 9.18 Å². The topological polar surface area (TPSA) is 91.9 Å². The van der Waals surface area contributed by atoms with Crippen LogP contribution in [0.15, 0.2) is 18.3 Å². The average molecular weight is 333 g/mol. The van der Waals surface area contributed by atoms with E-state index >= 15 is 0 Å². The van der Waals surface area contributed by atoms with Crippen molar-refractivity contribution in [3.8, 4) is 0 Å². The Hall–Kier alpha value is -2.32. The Labute approximate surface area is 139 Å². The lowest BCUT2D eigenvalue weighted by molar-refractivity contribution is 0.0250. The number of carbonyl (C=O) groups excluding carboxylic acids is 1. The quantitative estimate of drug-likeness (QED) is 0.796. The molecule has 2 aromatic heterocycles. The Morgan fingerprint density at radius 1 is 1.46 bits per heavy atom. The van der Waals surface area contributed by atoms with E-state index in [-0.39, 0.29) is 23.4 Å². The van der Waals surface area contributed by atoms with Gasteiger partial charge in [-0.3, -0.25) is 14.9 Å². The van der Waals surface area contributed by atoms with Crippen LogP contribution in [0, 0.1) is 5.82 Å². The number of halogens is 1. The van der Waals surface area contributed by atoms with Crippen molar-refractivity contribution in [1.82, 2.24) is 20.5 Å². The Balaban J connectivity index is 1.68. The molecular weight excluding hydrogens is 313 g/mol. The lowest BCUT2D eigenvalue weighted by Gasteiger charge is -2.23. The van der Waals surface area contributed by atoms with Crippen molar-refractivity contribution in [2.75, 3.05) is 25.0 Å². The molecule has 1 atom stereocenters. The first kappa shape index (κ1) is 16.5. The highest BCUT2D eigenvalue weighted by Crippen LogP contribution is 2.20. The van der Waals surface area contributed by atoms with E-state index in [4.69, 9.17) is 4.74 Å². The van der Waals surface area contributed by atoms with Crippen LogP contribution in [0.25, 0.3) is 0 Å². The summed E-state index contributed by atoms with van der Waals surface area (Å²) in [4.78, 5) is 16.5. The van der Waals surface area contributed by atoms with Crippen molar-refractivity contribution in [3.63, 3.8) is 0 Å². The number of amides is 1. The van der Waals surface area contributed by atoms with Crippen LogP contribution in [0.1, 0.15) is 47.7 Å². The molecule has 24 heavy (non-hydrogen) atoms. The summed E-state index contributed by atoms with van der Waals surface area (Å²) in [6.07, 6.45) is 1.44. The number of nitrogens with one attached hydrogen (secondary N) is 3. The van der Waals surface area contributed by atoms with E-state index in [1.54, 1.807) is 12.1 Å². The average Bonchev–Trinajstić information content (AvgIpc) is 2.98. The maximum atomic E-state index is 14.1. The molecule has 128 valence electrons. The molecule has 3 heterocycles. The molecule has 0 bridgehead atoms.